The molecule has 0 saturated heterocycles. The zero-order chi connectivity index (χ0) is 9.97. The summed E-state index contributed by atoms with van der Waals surface area (Å²) in [4.78, 5) is 11.5. The number of hydrogen-bond donors (Lipinski definition) is 0. The summed E-state index contributed by atoms with van der Waals surface area (Å²) in [6, 6.07) is 7.75. The van der Waals surface area contributed by atoms with Crippen LogP contribution in [0.4, 0.5) is 4.79 Å². The first-order chi connectivity index (χ1) is 6.83. The predicted octanol–water partition coefficient (Wildman–Crippen LogP) is 2.19. The number of benzene rings is 1. The van der Waals surface area contributed by atoms with Gasteiger partial charge >= 0.3 is 6.09 Å². The fourth-order valence-electron chi connectivity index (χ4n) is 1.26. The molecule has 0 fully saturated rings. The predicted molar refractivity (Wildman–Crippen MR) is 54.4 cm³/mol. The summed E-state index contributed by atoms with van der Waals surface area (Å²) in [5, 5.41) is 0. The standard InChI is InChI=1S/C10H10NO2S/c1-2-13-10(12)11-7-14-9-6-4-3-5-8(9)11/h3-7H,2H2,1H3/q+1. The molecule has 2 aromatic rings. The molecule has 3 nitrogen and oxygen atoms in total. The zero-order valence-corrected chi connectivity index (χ0v) is 8.58. The van der Waals surface area contributed by atoms with E-state index in [1.807, 2.05) is 24.3 Å². The second kappa shape index (κ2) is 3.75. The van der Waals surface area contributed by atoms with Crippen LogP contribution in [0.3, 0.4) is 0 Å². The first-order valence-electron chi connectivity index (χ1n) is 4.38. The molecule has 0 saturated carbocycles. The number of carbonyl (C=O) groups is 1. The molecule has 0 spiro atoms. The summed E-state index contributed by atoms with van der Waals surface area (Å²) in [5.74, 6) is 0. The molecule has 0 amide bonds. The number of carbonyl (C=O) groups excluding carboxylic acids is 1. The van der Waals surface area contributed by atoms with Crippen molar-refractivity contribution in [2.24, 2.45) is 0 Å². The summed E-state index contributed by atoms with van der Waals surface area (Å²) in [6.45, 7) is 2.20. The van der Waals surface area contributed by atoms with Crippen molar-refractivity contribution in [3.63, 3.8) is 0 Å². The first-order valence-corrected chi connectivity index (χ1v) is 5.26. The number of hydrogen-bond acceptors (Lipinski definition) is 3. The number of nitrogens with zero attached hydrogens (tertiary/aromatic N) is 1. The molecular weight excluding hydrogens is 198 g/mol. The Morgan fingerprint density at radius 2 is 2.29 bits per heavy atom. The van der Waals surface area contributed by atoms with E-state index in [2.05, 4.69) is 0 Å². The van der Waals surface area contributed by atoms with Crippen molar-refractivity contribution in [2.45, 2.75) is 6.92 Å². The third kappa shape index (κ3) is 1.48. The third-order valence-electron chi connectivity index (χ3n) is 1.87. The molecule has 0 aliphatic heterocycles. The van der Waals surface area contributed by atoms with Gasteiger partial charge in [0.25, 0.3) is 0 Å². The van der Waals surface area contributed by atoms with Crippen LogP contribution in [0.2, 0.25) is 0 Å². The summed E-state index contributed by atoms with van der Waals surface area (Å²) in [5.41, 5.74) is 2.67. The number of aromatic nitrogens is 1. The van der Waals surface area contributed by atoms with Gasteiger partial charge in [-0.3, -0.25) is 0 Å². The van der Waals surface area contributed by atoms with Crippen molar-refractivity contribution in [2.75, 3.05) is 6.61 Å². The van der Waals surface area contributed by atoms with E-state index in [9.17, 15) is 4.79 Å². The molecule has 4 heteroatoms. The third-order valence-corrected chi connectivity index (χ3v) is 2.79. The van der Waals surface area contributed by atoms with Gasteiger partial charge in [-0.25, -0.2) is 0 Å². The quantitative estimate of drug-likeness (QED) is 0.672. The van der Waals surface area contributed by atoms with Crippen LogP contribution in [0.25, 0.3) is 10.2 Å². The van der Waals surface area contributed by atoms with Crippen LogP contribution in [0.1, 0.15) is 6.92 Å². The largest absolute Gasteiger partial charge is 0.603 e. The average molecular weight is 208 g/mol. The Morgan fingerprint density at radius 3 is 3.07 bits per heavy atom. The second-order valence-electron chi connectivity index (χ2n) is 2.76. The molecule has 2 rings (SSSR count). The summed E-state index contributed by atoms with van der Waals surface area (Å²) in [6.07, 6.45) is -0.315. The number of ether oxygens (including phenoxy) is 1. The highest BCUT2D eigenvalue weighted by molar-refractivity contribution is 7.16. The lowest BCUT2D eigenvalue weighted by atomic mass is 10.3. The summed E-state index contributed by atoms with van der Waals surface area (Å²) in [7, 11) is 0. The topological polar surface area (TPSA) is 30.2 Å². The molecular formula is C10H10NO2S+. The molecule has 1 aromatic carbocycles. The second-order valence-corrected chi connectivity index (χ2v) is 3.65. The minimum absolute atomic E-state index is 0.315. The van der Waals surface area contributed by atoms with Crippen LogP contribution < -0.4 is 4.57 Å². The van der Waals surface area contributed by atoms with Crippen molar-refractivity contribution >= 4 is 27.6 Å². The molecule has 0 unspecified atom stereocenters. The molecule has 0 aliphatic carbocycles. The summed E-state index contributed by atoms with van der Waals surface area (Å²) < 4.78 is 7.54. The highest BCUT2D eigenvalue weighted by Gasteiger charge is 2.21. The van der Waals surface area contributed by atoms with Crippen LogP contribution in [-0.2, 0) is 4.74 Å². The average Bonchev–Trinajstić information content (AvgIpc) is 2.61. The van der Waals surface area contributed by atoms with Crippen molar-refractivity contribution in [1.29, 1.82) is 0 Å². The van der Waals surface area contributed by atoms with Crippen LogP contribution >= 0.6 is 11.3 Å². The van der Waals surface area contributed by atoms with Gasteiger partial charge in [0, 0.05) is 6.07 Å². The molecule has 0 aliphatic rings. The zero-order valence-electron chi connectivity index (χ0n) is 7.77. The molecule has 1 heterocycles. The summed E-state index contributed by atoms with van der Waals surface area (Å²) >= 11 is 1.53. The lowest BCUT2D eigenvalue weighted by Crippen LogP contribution is -2.41. The van der Waals surface area contributed by atoms with E-state index >= 15 is 0 Å². The van der Waals surface area contributed by atoms with Crippen molar-refractivity contribution in [1.82, 2.24) is 0 Å². The molecule has 0 N–H and O–H groups in total. The van der Waals surface area contributed by atoms with E-state index in [1.54, 1.807) is 12.4 Å². The molecule has 14 heavy (non-hydrogen) atoms. The van der Waals surface area contributed by atoms with Crippen LogP contribution in [0, 0.1) is 0 Å². The maximum Gasteiger partial charge on any atom is 0.603 e. The Labute approximate surface area is 85.6 Å². The van der Waals surface area contributed by atoms with Gasteiger partial charge in [-0.15, -0.1) is 0 Å². The van der Waals surface area contributed by atoms with Crippen LogP contribution in [-0.4, -0.2) is 12.7 Å². The van der Waals surface area contributed by atoms with E-state index in [-0.39, 0.29) is 6.09 Å². The fraction of sp³-hybridized carbons (Fsp3) is 0.200. The maximum absolute atomic E-state index is 11.5. The van der Waals surface area contributed by atoms with Gasteiger partial charge < -0.3 is 4.74 Å². The minimum atomic E-state index is -0.315. The van der Waals surface area contributed by atoms with E-state index in [4.69, 9.17) is 4.74 Å². The first kappa shape index (κ1) is 9.15. The molecule has 0 bridgehead atoms. The van der Waals surface area contributed by atoms with Crippen molar-refractivity contribution < 1.29 is 14.1 Å². The Morgan fingerprint density at radius 1 is 1.50 bits per heavy atom. The number of rotatable bonds is 1. The number of para-hydroxylation sites is 1. The van der Waals surface area contributed by atoms with Gasteiger partial charge in [0.05, 0.1) is 6.61 Å². The van der Waals surface area contributed by atoms with Gasteiger partial charge in [0.15, 0.2) is 0 Å². The Hall–Kier alpha value is -1.42. The van der Waals surface area contributed by atoms with Gasteiger partial charge in [-0.2, -0.15) is 4.79 Å². The minimum Gasteiger partial charge on any atom is -0.412 e. The number of fused-ring (bicyclic) bond motifs is 1. The van der Waals surface area contributed by atoms with E-state index in [0.717, 1.165) is 10.2 Å². The van der Waals surface area contributed by atoms with Crippen LogP contribution in [0.5, 0.6) is 0 Å². The fourth-order valence-corrected chi connectivity index (χ4v) is 2.12. The molecule has 0 atom stereocenters. The maximum atomic E-state index is 11.5. The van der Waals surface area contributed by atoms with Gasteiger partial charge in [-0.05, 0) is 13.0 Å². The molecule has 0 radical (unpaired) electrons. The van der Waals surface area contributed by atoms with E-state index in [1.165, 1.54) is 15.9 Å². The molecule has 72 valence electrons. The smallest absolute Gasteiger partial charge is 0.412 e. The lowest BCUT2D eigenvalue weighted by molar-refractivity contribution is -0.553. The highest BCUT2D eigenvalue weighted by atomic mass is 32.1. The van der Waals surface area contributed by atoms with Crippen LogP contribution in [0.15, 0.2) is 29.8 Å². The van der Waals surface area contributed by atoms with E-state index < -0.39 is 0 Å². The number of thiazole rings is 1. The highest BCUT2D eigenvalue weighted by Crippen LogP contribution is 2.14. The van der Waals surface area contributed by atoms with E-state index in [0.29, 0.717) is 6.61 Å². The Balaban J connectivity index is 2.47. The van der Waals surface area contributed by atoms with Gasteiger partial charge in [0.1, 0.15) is 4.70 Å². The van der Waals surface area contributed by atoms with Crippen molar-refractivity contribution in [3.8, 4) is 0 Å². The van der Waals surface area contributed by atoms with Gasteiger partial charge in [-0.1, -0.05) is 28.0 Å². The normalized spacial score (nSPS) is 10.4. The SMILES string of the molecule is CCOC(=O)[n+]1csc2ccccc21. The Kier molecular flexibility index (Phi) is 2.45. The molecule has 1 aromatic heterocycles. The van der Waals surface area contributed by atoms with Gasteiger partial charge in [0.2, 0.25) is 11.0 Å². The lowest BCUT2D eigenvalue weighted by Gasteiger charge is -1.92. The van der Waals surface area contributed by atoms with Crippen molar-refractivity contribution in [3.05, 3.63) is 29.8 Å². The monoisotopic (exact) mass is 208 g/mol. The Bertz CT molecular complexity index is 464.